The second-order valence-corrected chi connectivity index (χ2v) is 6.55. The van der Waals surface area contributed by atoms with Gasteiger partial charge in [0.15, 0.2) is 0 Å². The van der Waals surface area contributed by atoms with Crippen molar-refractivity contribution in [2.45, 2.75) is 9.79 Å². The zero-order chi connectivity index (χ0) is 9.26. The highest BCUT2D eigenvalue weighted by molar-refractivity contribution is 9.11. The minimum atomic E-state index is 1.18. The molecule has 0 aliphatic rings. The Labute approximate surface area is 106 Å². The quantitative estimate of drug-likeness (QED) is 0.686. The fourth-order valence-corrected chi connectivity index (χ4v) is 5.02. The van der Waals surface area contributed by atoms with Crippen LogP contribution in [0.2, 0.25) is 0 Å². The molecule has 2 aromatic heterocycles. The van der Waals surface area contributed by atoms with Crippen molar-refractivity contribution in [1.82, 2.24) is 0 Å². The third-order valence-electron chi connectivity index (χ3n) is 1.38. The van der Waals surface area contributed by atoms with Crippen LogP contribution >= 0.6 is 66.3 Å². The Hall–Kier alpha value is 0.710. The summed E-state index contributed by atoms with van der Waals surface area (Å²) in [7, 11) is 0. The van der Waals surface area contributed by atoms with E-state index in [1.165, 1.54) is 18.7 Å². The maximum Gasteiger partial charge on any atom is 0.0421 e. The van der Waals surface area contributed by atoms with Gasteiger partial charge in [0.05, 0.1) is 0 Å². The Balaban J connectivity index is 2.24. The van der Waals surface area contributed by atoms with Crippen molar-refractivity contribution in [2.24, 2.45) is 0 Å². The molecule has 2 rings (SSSR count). The molecule has 0 aliphatic carbocycles. The number of hydrogen-bond acceptors (Lipinski definition) is 3. The number of hydrogen-bond donors (Lipinski definition) is 0. The maximum absolute atomic E-state index is 3.51. The number of halogens is 2. The second kappa shape index (κ2) is 4.49. The van der Waals surface area contributed by atoms with Gasteiger partial charge in [-0.05, 0) is 31.9 Å². The second-order valence-electron chi connectivity index (χ2n) is 2.27. The van der Waals surface area contributed by atoms with Crippen molar-refractivity contribution in [1.29, 1.82) is 0 Å². The van der Waals surface area contributed by atoms with Gasteiger partial charge in [0.25, 0.3) is 0 Å². The monoisotopic (exact) mass is 354 g/mol. The van der Waals surface area contributed by atoms with Gasteiger partial charge >= 0.3 is 0 Å². The lowest BCUT2D eigenvalue weighted by Crippen LogP contribution is -1.66. The molecular weight excluding hydrogens is 352 g/mol. The SMILES string of the molecule is Brc1cscc1Sc1cscc1Br. The van der Waals surface area contributed by atoms with Crippen LogP contribution in [-0.4, -0.2) is 0 Å². The topological polar surface area (TPSA) is 0 Å². The third-order valence-corrected chi connectivity index (χ3v) is 6.73. The summed E-state index contributed by atoms with van der Waals surface area (Å²) in [6.45, 7) is 0. The van der Waals surface area contributed by atoms with Gasteiger partial charge in [-0.3, -0.25) is 0 Å². The van der Waals surface area contributed by atoms with Crippen molar-refractivity contribution in [2.75, 3.05) is 0 Å². The minimum Gasteiger partial charge on any atom is -0.150 e. The molecule has 0 atom stereocenters. The fourth-order valence-electron chi connectivity index (χ4n) is 0.804. The standard InChI is InChI=1S/C8H4Br2S3/c9-5-1-11-3-7(5)13-8-4-12-2-6(8)10/h1-4H. The molecule has 0 fully saturated rings. The predicted molar refractivity (Wildman–Crippen MR) is 68.2 cm³/mol. The molecule has 0 bridgehead atoms. The van der Waals surface area contributed by atoms with E-state index >= 15 is 0 Å². The first-order valence-electron chi connectivity index (χ1n) is 3.38. The van der Waals surface area contributed by atoms with Gasteiger partial charge in [-0.25, -0.2) is 0 Å². The smallest absolute Gasteiger partial charge is 0.0421 e. The van der Waals surface area contributed by atoms with Crippen LogP contribution in [0.15, 0.2) is 40.3 Å². The highest BCUT2D eigenvalue weighted by Gasteiger charge is 2.06. The Morgan fingerprint density at radius 2 is 1.31 bits per heavy atom. The van der Waals surface area contributed by atoms with E-state index in [1.807, 2.05) is 0 Å². The van der Waals surface area contributed by atoms with Crippen LogP contribution in [0.25, 0.3) is 0 Å². The van der Waals surface area contributed by atoms with Crippen LogP contribution in [0.1, 0.15) is 0 Å². The first kappa shape index (κ1) is 10.2. The average molecular weight is 356 g/mol. The van der Waals surface area contributed by atoms with Gasteiger partial charge in [-0.2, -0.15) is 22.7 Å². The molecule has 0 saturated carbocycles. The van der Waals surface area contributed by atoms with Gasteiger partial charge in [0, 0.05) is 40.3 Å². The Morgan fingerprint density at radius 1 is 0.846 bits per heavy atom. The molecule has 2 heterocycles. The normalized spacial score (nSPS) is 10.6. The summed E-state index contributed by atoms with van der Waals surface area (Å²) in [6, 6.07) is 0. The lowest BCUT2D eigenvalue weighted by atomic mass is 10.7. The summed E-state index contributed by atoms with van der Waals surface area (Å²) < 4.78 is 2.36. The van der Waals surface area contributed by atoms with E-state index in [2.05, 4.69) is 53.4 Å². The highest BCUT2D eigenvalue weighted by atomic mass is 79.9. The minimum absolute atomic E-state index is 1.18. The number of thiophene rings is 2. The summed E-state index contributed by atoms with van der Waals surface area (Å²) in [5.41, 5.74) is 0. The molecule has 0 saturated heterocycles. The van der Waals surface area contributed by atoms with E-state index in [9.17, 15) is 0 Å². The predicted octanol–water partition coefficient (Wildman–Crippen LogP) is 5.49. The molecule has 0 spiro atoms. The molecule has 0 amide bonds. The van der Waals surface area contributed by atoms with E-state index in [-0.39, 0.29) is 0 Å². The van der Waals surface area contributed by atoms with Gasteiger partial charge in [0.2, 0.25) is 0 Å². The molecule has 0 unspecified atom stereocenters. The molecule has 5 heteroatoms. The van der Waals surface area contributed by atoms with E-state index < -0.39 is 0 Å². The summed E-state index contributed by atoms with van der Waals surface area (Å²) in [4.78, 5) is 2.56. The van der Waals surface area contributed by atoms with Crippen LogP contribution in [0, 0.1) is 0 Å². The molecule has 0 aliphatic heterocycles. The van der Waals surface area contributed by atoms with Gasteiger partial charge < -0.3 is 0 Å². The van der Waals surface area contributed by atoms with Crippen LogP contribution in [0.3, 0.4) is 0 Å². The highest BCUT2D eigenvalue weighted by Crippen LogP contribution is 2.40. The summed E-state index contributed by atoms with van der Waals surface area (Å²) in [6.07, 6.45) is 0. The lowest BCUT2D eigenvalue weighted by Gasteiger charge is -1.96. The number of rotatable bonds is 2. The van der Waals surface area contributed by atoms with Gasteiger partial charge in [-0.15, -0.1) is 0 Å². The van der Waals surface area contributed by atoms with E-state index in [0.717, 1.165) is 0 Å². The maximum atomic E-state index is 3.51. The van der Waals surface area contributed by atoms with E-state index in [4.69, 9.17) is 0 Å². The van der Waals surface area contributed by atoms with Crippen molar-refractivity contribution in [3.8, 4) is 0 Å². The summed E-state index contributed by atoms with van der Waals surface area (Å²) in [5.74, 6) is 0. The van der Waals surface area contributed by atoms with Crippen molar-refractivity contribution in [3.63, 3.8) is 0 Å². The van der Waals surface area contributed by atoms with E-state index in [1.54, 1.807) is 34.4 Å². The first-order valence-corrected chi connectivity index (χ1v) is 7.67. The zero-order valence-corrected chi connectivity index (χ0v) is 11.9. The molecule has 13 heavy (non-hydrogen) atoms. The summed E-state index contributed by atoms with van der Waals surface area (Å²) in [5, 5.41) is 8.50. The Morgan fingerprint density at radius 3 is 1.62 bits per heavy atom. The lowest BCUT2D eigenvalue weighted by molar-refractivity contribution is 1.46. The van der Waals surface area contributed by atoms with Crippen LogP contribution in [0.4, 0.5) is 0 Å². The molecule has 2 aromatic rings. The summed E-state index contributed by atoms with van der Waals surface area (Å²) >= 11 is 12.2. The molecule has 0 nitrogen and oxygen atoms in total. The van der Waals surface area contributed by atoms with Crippen LogP contribution in [-0.2, 0) is 0 Å². The van der Waals surface area contributed by atoms with Crippen molar-refractivity contribution >= 4 is 66.3 Å². The zero-order valence-electron chi connectivity index (χ0n) is 6.29. The Kier molecular flexibility index (Phi) is 3.53. The molecular formula is C8H4Br2S3. The van der Waals surface area contributed by atoms with Gasteiger partial charge in [0.1, 0.15) is 0 Å². The van der Waals surface area contributed by atoms with Crippen molar-refractivity contribution in [3.05, 3.63) is 30.5 Å². The van der Waals surface area contributed by atoms with E-state index in [0.29, 0.717) is 0 Å². The van der Waals surface area contributed by atoms with Gasteiger partial charge in [-0.1, -0.05) is 11.8 Å². The van der Waals surface area contributed by atoms with Crippen molar-refractivity contribution < 1.29 is 0 Å². The van der Waals surface area contributed by atoms with Crippen LogP contribution in [0.5, 0.6) is 0 Å². The molecule has 68 valence electrons. The van der Waals surface area contributed by atoms with Crippen LogP contribution < -0.4 is 0 Å². The first-order chi connectivity index (χ1) is 6.27. The fraction of sp³-hybridized carbons (Fsp3) is 0. The average Bonchev–Trinajstić information content (AvgIpc) is 2.65. The molecule has 0 aromatic carbocycles. The molecule has 0 N–H and O–H groups in total. The molecule has 0 radical (unpaired) electrons. The third kappa shape index (κ3) is 2.39. The largest absolute Gasteiger partial charge is 0.150 e. The Bertz CT molecular complexity index is 367.